The molecule has 0 saturated carbocycles. The van der Waals surface area contributed by atoms with Gasteiger partial charge in [0.05, 0.1) is 38.6 Å². The van der Waals surface area contributed by atoms with Crippen LogP contribution in [0, 0.1) is 0 Å². The number of amides is 1. The number of allylic oxidation sites excluding steroid dienone is 3. The summed E-state index contributed by atoms with van der Waals surface area (Å²) in [4.78, 5) is 13.3. The molecule has 19 heteroatoms. The standard InChI is InChI=1S/C56H103NO18/c1-3-5-7-9-11-13-15-17-19-20-22-24-26-28-30-32-34-44(62)57-39(40(61)33-31-29-27-25-23-21-18-16-14-12-10-8-6-4-2)38-70-54-50(68)47(65)52(42(36-59)72-54)75-56-51(69)48(66)53(43(37-60)73-56)74-55-49(67)46(64)45(63)41(35-58)71-55/h19-20,31,33,39-43,45-56,58-61,63-69H,3-18,21-30,32,34-38H2,1-2H3,(H,57,62)/b20-19-,33-31+. The van der Waals surface area contributed by atoms with Crippen LogP contribution < -0.4 is 5.32 Å². The Morgan fingerprint density at radius 2 is 0.840 bits per heavy atom. The fraction of sp³-hybridized carbons (Fsp3) is 0.911. The molecule has 17 atom stereocenters. The zero-order chi connectivity index (χ0) is 54.8. The minimum atomic E-state index is -1.98. The second-order valence-corrected chi connectivity index (χ2v) is 21.1. The SMILES string of the molecule is CCCCCCCCC/C=C\CCCCCCCC(=O)NC(COC1OC(CO)C(OC2OC(CO)C(OC3OC(CO)C(O)C(O)C3O)C(O)C2O)C(O)C1O)C(O)/C=C/CCCCCCCCCCCCCC. The highest BCUT2D eigenvalue weighted by Gasteiger charge is 2.53. The van der Waals surface area contributed by atoms with E-state index >= 15 is 0 Å². The smallest absolute Gasteiger partial charge is 0.220 e. The van der Waals surface area contributed by atoms with Crippen LogP contribution in [0.2, 0.25) is 0 Å². The second-order valence-electron chi connectivity index (χ2n) is 21.1. The Balaban J connectivity index is 1.53. The van der Waals surface area contributed by atoms with Crippen molar-refractivity contribution < 1.29 is 89.4 Å². The third-order valence-corrected chi connectivity index (χ3v) is 14.7. The summed E-state index contributed by atoms with van der Waals surface area (Å²) >= 11 is 0. The van der Waals surface area contributed by atoms with Crippen LogP contribution in [-0.2, 0) is 33.2 Å². The third-order valence-electron chi connectivity index (χ3n) is 14.7. The summed E-state index contributed by atoms with van der Waals surface area (Å²) in [5.74, 6) is -0.285. The molecule has 3 rings (SSSR count). The van der Waals surface area contributed by atoms with Crippen molar-refractivity contribution in [3.8, 4) is 0 Å². The van der Waals surface area contributed by atoms with E-state index < -0.39 is 124 Å². The van der Waals surface area contributed by atoms with E-state index in [1.807, 2.05) is 6.08 Å². The van der Waals surface area contributed by atoms with Crippen LogP contribution in [0.5, 0.6) is 0 Å². The lowest BCUT2D eigenvalue weighted by Crippen LogP contribution is -2.66. The Morgan fingerprint density at radius 1 is 0.467 bits per heavy atom. The number of aliphatic hydroxyl groups is 11. The van der Waals surface area contributed by atoms with Gasteiger partial charge in [-0.3, -0.25) is 4.79 Å². The Morgan fingerprint density at radius 3 is 1.29 bits per heavy atom. The van der Waals surface area contributed by atoms with Gasteiger partial charge in [-0.2, -0.15) is 0 Å². The highest BCUT2D eigenvalue weighted by Crippen LogP contribution is 2.33. The molecule has 75 heavy (non-hydrogen) atoms. The first-order chi connectivity index (χ1) is 36.3. The first kappa shape index (κ1) is 67.5. The van der Waals surface area contributed by atoms with Gasteiger partial charge < -0.3 is 89.9 Å². The summed E-state index contributed by atoms with van der Waals surface area (Å²) in [5, 5.41) is 120. The van der Waals surface area contributed by atoms with Gasteiger partial charge in [0, 0.05) is 6.42 Å². The summed E-state index contributed by atoms with van der Waals surface area (Å²) in [5.41, 5.74) is 0. The van der Waals surface area contributed by atoms with Crippen LogP contribution in [0.1, 0.15) is 194 Å². The second kappa shape index (κ2) is 40.4. The molecule has 440 valence electrons. The van der Waals surface area contributed by atoms with Crippen molar-refractivity contribution in [1.29, 1.82) is 0 Å². The molecule has 1 amide bonds. The van der Waals surface area contributed by atoms with Gasteiger partial charge in [-0.25, -0.2) is 0 Å². The summed E-state index contributed by atoms with van der Waals surface area (Å²) in [6.07, 6.45) is 13.0. The van der Waals surface area contributed by atoms with Crippen molar-refractivity contribution in [3.05, 3.63) is 24.3 Å². The molecular formula is C56H103NO18. The molecule has 3 saturated heterocycles. The Kier molecular flexibility index (Phi) is 36.4. The predicted octanol–water partition coefficient (Wildman–Crippen LogP) is 4.37. The van der Waals surface area contributed by atoms with Gasteiger partial charge in [-0.1, -0.05) is 167 Å². The summed E-state index contributed by atoms with van der Waals surface area (Å²) in [6.45, 7) is 1.70. The van der Waals surface area contributed by atoms with E-state index in [1.165, 1.54) is 103 Å². The van der Waals surface area contributed by atoms with Crippen LogP contribution >= 0.6 is 0 Å². The monoisotopic (exact) mass is 1080 g/mol. The first-order valence-electron chi connectivity index (χ1n) is 29.1. The van der Waals surface area contributed by atoms with E-state index in [-0.39, 0.29) is 18.9 Å². The van der Waals surface area contributed by atoms with Gasteiger partial charge in [0.25, 0.3) is 0 Å². The van der Waals surface area contributed by atoms with Gasteiger partial charge in [0.1, 0.15) is 73.2 Å². The lowest BCUT2D eigenvalue weighted by molar-refractivity contribution is -0.379. The summed E-state index contributed by atoms with van der Waals surface area (Å²) in [6, 6.07) is -0.973. The fourth-order valence-corrected chi connectivity index (χ4v) is 9.89. The number of carbonyl (C=O) groups is 1. The number of unbranched alkanes of at least 4 members (excludes halogenated alkanes) is 24. The predicted molar refractivity (Wildman–Crippen MR) is 282 cm³/mol. The molecule has 0 aliphatic carbocycles. The van der Waals surface area contributed by atoms with E-state index in [2.05, 4.69) is 31.3 Å². The maximum atomic E-state index is 13.3. The minimum absolute atomic E-state index is 0.235. The molecule has 0 aromatic heterocycles. The van der Waals surface area contributed by atoms with E-state index in [9.17, 15) is 61.0 Å². The number of ether oxygens (including phenoxy) is 6. The van der Waals surface area contributed by atoms with Crippen molar-refractivity contribution >= 4 is 5.91 Å². The quantitative estimate of drug-likeness (QED) is 0.0298. The van der Waals surface area contributed by atoms with Crippen molar-refractivity contribution in [2.24, 2.45) is 0 Å². The largest absolute Gasteiger partial charge is 0.394 e. The average molecular weight is 1080 g/mol. The lowest BCUT2D eigenvalue weighted by Gasteiger charge is -2.48. The summed E-state index contributed by atoms with van der Waals surface area (Å²) < 4.78 is 34.2. The molecule has 0 aromatic rings. The molecule has 0 aromatic carbocycles. The van der Waals surface area contributed by atoms with Crippen LogP contribution in [0.25, 0.3) is 0 Å². The van der Waals surface area contributed by atoms with Gasteiger partial charge in [0.15, 0.2) is 18.9 Å². The van der Waals surface area contributed by atoms with E-state index in [1.54, 1.807) is 6.08 Å². The molecule has 17 unspecified atom stereocenters. The maximum absolute atomic E-state index is 13.3. The molecular weight excluding hydrogens is 975 g/mol. The lowest BCUT2D eigenvalue weighted by atomic mass is 9.96. The zero-order valence-electron chi connectivity index (χ0n) is 45.5. The van der Waals surface area contributed by atoms with Crippen molar-refractivity contribution in [2.75, 3.05) is 26.4 Å². The number of rotatable bonds is 42. The molecule has 12 N–H and O–H groups in total. The molecule has 3 aliphatic rings. The highest BCUT2D eigenvalue weighted by atomic mass is 16.8. The van der Waals surface area contributed by atoms with Gasteiger partial charge in [-0.15, -0.1) is 0 Å². The molecule has 3 heterocycles. The Bertz CT molecular complexity index is 1480. The number of aliphatic hydroxyl groups excluding tert-OH is 11. The molecule has 0 bridgehead atoms. The van der Waals surface area contributed by atoms with E-state index in [4.69, 9.17) is 28.4 Å². The number of hydrogen-bond acceptors (Lipinski definition) is 18. The van der Waals surface area contributed by atoms with E-state index in [0.717, 1.165) is 64.2 Å². The van der Waals surface area contributed by atoms with E-state index in [0.29, 0.717) is 6.42 Å². The molecule has 0 radical (unpaired) electrons. The van der Waals surface area contributed by atoms with Gasteiger partial charge in [-0.05, 0) is 44.9 Å². The van der Waals surface area contributed by atoms with Crippen molar-refractivity contribution in [3.63, 3.8) is 0 Å². The number of hydrogen-bond donors (Lipinski definition) is 12. The third kappa shape index (κ3) is 25.1. The first-order valence-corrected chi connectivity index (χ1v) is 29.1. The van der Waals surface area contributed by atoms with Crippen molar-refractivity contribution in [1.82, 2.24) is 5.32 Å². The zero-order valence-corrected chi connectivity index (χ0v) is 45.5. The number of nitrogens with one attached hydrogen (secondary N) is 1. The van der Waals surface area contributed by atoms with Crippen LogP contribution in [0.3, 0.4) is 0 Å². The molecule has 3 fully saturated rings. The topological polar surface area (TPSA) is 307 Å². The fourth-order valence-electron chi connectivity index (χ4n) is 9.89. The molecule has 3 aliphatic heterocycles. The minimum Gasteiger partial charge on any atom is -0.394 e. The normalized spacial score (nSPS) is 31.3. The van der Waals surface area contributed by atoms with Crippen LogP contribution in [-0.4, -0.2) is 193 Å². The Labute approximate surface area is 448 Å². The Hall–Kier alpha value is -1.73. The average Bonchev–Trinajstić information content (AvgIpc) is 3.41. The van der Waals surface area contributed by atoms with Crippen molar-refractivity contribution in [2.45, 2.75) is 298 Å². The highest BCUT2D eigenvalue weighted by molar-refractivity contribution is 5.76. The maximum Gasteiger partial charge on any atom is 0.220 e. The van der Waals surface area contributed by atoms with Crippen LogP contribution in [0.15, 0.2) is 24.3 Å². The van der Waals surface area contributed by atoms with Gasteiger partial charge in [0.2, 0.25) is 5.91 Å². The van der Waals surface area contributed by atoms with Gasteiger partial charge >= 0.3 is 0 Å². The number of carbonyl (C=O) groups excluding carboxylic acids is 1. The molecule has 19 nitrogen and oxygen atoms in total. The van der Waals surface area contributed by atoms with Crippen LogP contribution in [0.4, 0.5) is 0 Å². The summed E-state index contributed by atoms with van der Waals surface area (Å²) in [7, 11) is 0. The molecule has 0 spiro atoms.